The third-order valence-corrected chi connectivity index (χ3v) is 10.1. The zero-order valence-corrected chi connectivity index (χ0v) is 32.7. The van der Waals surface area contributed by atoms with Gasteiger partial charge in [0.1, 0.15) is 29.8 Å². The number of ether oxygens (including phenoxy) is 2. The topological polar surface area (TPSA) is 199 Å². The van der Waals surface area contributed by atoms with Crippen molar-refractivity contribution < 1.29 is 14.3 Å². The number of nitrogens with zero attached hydrogens (tertiary/aromatic N) is 7. The van der Waals surface area contributed by atoms with E-state index in [2.05, 4.69) is 56.9 Å². The number of unbranched alkanes of at least 4 members (excludes halogenated alkanes) is 1. The highest BCUT2D eigenvalue weighted by Crippen LogP contribution is 2.32. The molecule has 5 rings (SSSR count). The number of nitrogens with two attached hydrogens (primary N) is 3. The molecule has 14 nitrogen and oxygen atoms in total. The summed E-state index contributed by atoms with van der Waals surface area (Å²) >= 11 is 0. The maximum Gasteiger partial charge on any atom is 0.245 e. The molecular formula is C41H61N11O3. The van der Waals surface area contributed by atoms with Crippen LogP contribution in [0.1, 0.15) is 102 Å². The van der Waals surface area contributed by atoms with Gasteiger partial charge in [0, 0.05) is 24.3 Å². The van der Waals surface area contributed by atoms with Crippen LogP contribution in [0.15, 0.2) is 65.9 Å². The molecule has 7 N–H and O–H groups in total. The Bertz CT molecular complexity index is 1740. The molecule has 1 aliphatic rings. The van der Waals surface area contributed by atoms with Crippen LogP contribution in [0.3, 0.4) is 0 Å². The Morgan fingerprint density at radius 2 is 1.69 bits per heavy atom. The molecule has 14 heteroatoms. The minimum Gasteiger partial charge on any atom is -0.494 e. The SMILES string of the molecule is CC(C)CCOc1ccc(-c2ccccc2OCc2cn(C[C@@H](CCCCN)NC(=O)[C@@H](CCCN=C(N)N)n3cc(CC4CCCCC4)nn3)nn2)cc1. The average molecular weight is 756 g/mol. The number of nitrogens with one attached hydrogen (secondary N) is 1. The summed E-state index contributed by atoms with van der Waals surface area (Å²) in [5.41, 5.74) is 20.6. The summed E-state index contributed by atoms with van der Waals surface area (Å²) in [4.78, 5) is 18.1. The van der Waals surface area contributed by atoms with Crippen molar-refractivity contribution in [3.05, 3.63) is 72.3 Å². The second-order valence-electron chi connectivity index (χ2n) is 15.1. The molecule has 55 heavy (non-hydrogen) atoms. The highest BCUT2D eigenvalue weighted by molar-refractivity contribution is 5.80. The van der Waals surface area contributed by atoms with Crippen LogP contribution in [0, 0.1) is 11.8 Å². The molecule has 2 heterocycles. The maximum atomic E-state index is 14.0. The Balaban J connectivity index is 1.22. The Morgan fingerprint density at radius 1 is 0.909 bits per heavy atom. The Hall–Kier alpha value is -4.98. The van der Waals surface area contributed by atoms with Crippen LogP contribution in [0.5, 0.6) is 11.5 Å². The van der Waals surface area contributed by atoms with Crippen LogP contribution in [0.25, 0.3) is 11.1 Å². The summed E-state index contributed by atoms with van der Waals surface area (Å²) in [5, 5.41) is 21.0. The van der Waals surface area contributed by atoms with Gasteiger partial charge in [-0.25, -0.2) is 4.68 Å². The van der Waals surface area contributed by atoms with Crippen LogP contribution in [-0.2, 0) is 24.4 Å². The highest BCUT2D eigenvalue weighted by Gasteiger charge is 2.26. The van der Waals surface area contributed by atoms with Gasteiger partial charge in [-0.15, -0.1) is 10.2 Å². The Kier molecular flexibility index (Phi) is 16.3. The van der Waals surface area contributed by atoms with Crippen molar-refractivity contribution in [3.8, 4) is 22.6 Å². The number of hydrogen-bond donors (Lipinski definition) is 4. The van der Waals surface area contributed by atoms with Crippen LogP contribution in [-0.4, -0.2) is 67.6 Å². The van der Waals surface area contributed by atoms with E-state index >= 15 is 0 Å². The van der Waals surface area contributed by atoms with Gasteiger partial charge in [-0.2, -0.15) is 0 Å². The van der Waals surface area contributed by atoms with Crippen molar-refractivity contribution in [1.82, 2.24) is 35.3 Å². The third-order valence-electron chi connectivity index (χ3n) is 10.1. The first-order chi connectivity index (χ1) is 26.8. The number of aliphatic imine (C=N–C) groups is 1. The summed E-state index contributed by atoms with van der Waals surface area (Å²) in [6, 6.07) is 15.3. The largest absolute Gasteiger partial charge is 0.494 e. The summed E-state index contributed by atoms with van der Waals surface area (Å²) in [6.07, 6.45) is 15.5. The van der Waals surface area contributed by atoms with Crippen molar-refractivity contribution in [1.29, 1.82) is 0 Å². The fourth-order valence-electron chi connectivity index (χ4n) is 7.01. The van der Waals surface area contributed by atoms with Crippen LogP contribution in [0.2, 0.25) is 0 Å². The molecule has 1 fully saturated rings. The Labute approximate surface area is 325 Å². The van der Waals surface area contributed by atoms with Gasteiger partial charge in [0.25, 0.3) is 0 Å². The number of guanidine groups is 1. The van der Waals surface area contributed by atoms with Crippen molar-refractivity contribution in [2.45, 2.75) is 116 Å². The number of para-hydroxylation sites is 1. The van der Waals surface area contributed by atoms with Crippen molar-refractivity contribution in [3.63, 3.8) is 0 Å². The fraction of sp³-hybridized carbons (Fsp3) is 0.561. The van der Waals surface area contributed by atoms with Gasteiger partial charge in [0.15, 0.2) is 5.96 Å². The van der Waals surface area contributed by atoms with E-state index in [1.54, 1.807) is 9.36 Å². The lowest BCUT2D eigenvalue weighted by Gasteiger charge is -2.23. The molecule has 2 aromatic heterocycles. The number of hydrogen-bond acceptors (Lipinski definition) is 9. The average Bonchev–Trinajstić information content (AvgIpc) is 3.84. The van der Waals surface area contributed by atoms with E-state index in [1.807, 2.05) is 48.8 Å². The standard InChI is InChI=1S/C41H61N11O3/c1-30(2)21-24-54-36-19-17-32(18-20-36)37-14-6-7-16-39(37)55-29-35-27-51(49-48-35)26-33(13-8-9-22-42)46-40(53)38(15-10-23-45-41(43)44)52-28-34(47-50-52)25-31-11-4-3-5-12-31/h6-7,14,16-20,27-28,30-31,33,38H,3-5,8-13,15,21-26,29,42H2,1-2H3,(H,46,53)(H4,43,44,45)/t33-,38-/m1/s1. The zero-order chi connectivity index (χ0) is 38.8. The highest BCUT2D eigenvalue weighted by atomic mass is 16.5. The number of rotatable bonds is 23. The van der Waals surface area contributed by atoms with Crippen molar-refractivity contribution in [2.24, 2.45) is 34.0 Å². The monoisotopic (exact) mass is 755 g/mol. The van der Waals surface area contributed by atoms with Gasteiger partial charge >= 0.3 is 0 Å². The van der Waals surface area contributed by atoms with Gasteiger partial charge in [-0.3, -0.25) is 14.5 Å². The molecule has 1 aliphatic carbocycles. The van der Waals surface area contributed by atoms with Gasteiger partial charge in [0.05, 0.1) is 25.0 Å². The van der Waals surface area contributed by atoms with E-state index < -0.39 is 6.04 Å². The van der Waals surface area contributed by atoms with E-state index in [0.29, 0.717) is 56.6 Å². The lowest BCUT2D eigenvalue weighted by molar-refractivity contribution is -0.125. The van der Waals surface area contributed by atoms with E-state index in [9.17, 15) is 4.79 Å². The molecule has 0 radical (unpaired) electrons. The molecular weight excluding hydrogens is 695 g/mol. The predicted molar refractivity (Wildman–Crippen MR) is 215 cm³/mol. The number of carbonyl (C=O) groups is 1. The molecule has 0 spiro atoms. The summed E-state index contributed by atoms with van der Waals surface area (Å²) in [7, 11) is 0. The number of aromatic nitrogens is 6. The third kappa shape index (κ3) is 13.7. The van der Waals surface area contributed by atoms with E-state index in [0.717, 1.165) is 60.4 Å². The van der Waals surface area contributed by atoms with Crippen LogP contribution in [0.4, 0.5) is 0 Å². The number of carbonyl (C=O) groups excluding carboxylic acids is 1. The fourth-order valence-corrected chi connectivity index (χ4v) is 7.01. The van der Waals surface area contributed by atoms with Gasteiger partial charge in [-0.1, -0.05) is 93.1 Å². The van der Waals surface area contributed by atoms with E-state index in [4.69, 9.17) is 26.7 Å². The summed E-state index contributed by atoms with van der Waals surface area (Å²) in [5.74, 6) is 2.72. The van der Waals surface area contributed by atoms with Gasteiger partial charge in [0.2, 0.25) is 5.91 Å². The number of amides is 1. The quantitative estimate of drug-likeness (QED) is 0.0422. The molecule has 2 aromatic carbocycles. The second kappa shape index (κ2) is 21.8. The molecule has 0 bridgehead atoms. The first kappa shape index (κ1) is 41.2. The first-order valence-electron chi connectivity index (χ1n) is 20.1. The Morgan fingerprint density at radius 3 is 2.45 bits per heavy atom. The first-order valence-corrected chi connectivity index (χ1v) is 20.1. The molecule has 298 valence electrons. The van der Waals surface area contributed by atoms with Gasteiger partial charge in [-0.05, 0) is 80.7 Å². The van der Waals surface area contributed by atoms with E-state index in [-0.39, 0.29) is 24.5 Å². The molecule has 2 atom stereocenters. The van der Waals surface area contributed by atoms with Crippen molar-refractivity contribution >= 4 is 11.9 Å². The molecule has 1 amide bonds. The maximum absolute atomic E-state index is 14.0. The smallest absolute Gasteiger partial charge is 0.245 e. The van der Waals surface area contributed by atoms with Crippen LogP contribution < -0.4 is 32.0 Å². The van der Waals surface area contributed by atoms with Crippen molar-refractivity contribution in [2.75, 3.05) is 19.7 Å². The normalized spacial score (nSPS) is 14.4. The minimum atomic E-state index is -0.563. The van der Waals surface area contributed by atoms with E-state index in [1.165, 1.54) is 32.1 Å². The minimum absolute atomic E-state index is 0.0337. The summed E-state index contributed by atoms with van der Waals surface area (Å²) in [6.45, 7) is 6.77. The molecule has 0 saturated heterocycles. The molecule has 0 unspecified atom stereocenters. The second-order valence-corrected chi connectivity index (χ2v) is 15.1. The number of benzene rings is 2. The zero-order valence-electron chi connectivity index (χ0n) is 32.7. The molecule has 1 saturated carbocycles. The lowest BCUT2D eigenvalue weighted by Crippen LogP contribution is -2.42. The summed E-state index contributed by atoms with van der Waals surface area (Å²) < 4.78 is 15.7. The van der Waals surface area contributed by atoms with Crippen LogP contribution >= 0.6 is 0 Å². The lowest BCUT2D eigenvalue weighted by atomic mass is 9.86. The molecule has 0 aliphatic heterocycles. The molecule has 4 aromatic rings. The predicted octanol–water partition coefficient (Wildman–Crippen LogP) is 5.57. The van der Waals surface area contributed by atoms with Gasteiger partial charge < -0.3 is 32.0 Å².